The van der Waals surface area contributed by atoms with Gasteiger partial charge in [0.05, 0.1) is 5.69 Å². The molecule has 8 aromatic rings. The summed E-state index contributed by atoms with van der Waals surface area (Å²) in [6, 6.07) is 69.3. The summed E-state index contributed by atoms with van der Waals surface area (Å²) in [5, 5.41) is 0. The summed E-state index contributed by atoms with van der Waals surface area (Å²) in [5.74, 6) is 0. The maximum absolute atomic E-state index is 2.48. The van der Waals surface area contributed by atoms with Gasteiger partial charge in [-0.05, 0) is 103 Å². The molecule has 52 heavy (non-hydrogen) atoms. The average Bonchev–Trinajstić information content (AvgIpc) is 3.43. The second-order valence-electron chi connectivity index (χ2n) is 14.5. The zero-order chi connectivity index (χ0) is 34.8. The molecule has 0 atom stereocenters. The van der Waals surface area contributed by atoms with Gasteiger partial charge in [0, 0.05) is 22.4 Å². The van der Waals surface area contributed by atoms with E-state index in [2.05, 4.69) is 207 Å². The smallest absolute Gasteiger partial charge is 0.0540 e. The standard InChI is InChI=1S/C51H37N/c1-51(2)48-26-14-12-25-45(48)46-31-29-36(33-49(46)51)52(50-27-15-13-18-37(50)34-16-4-3-5-17-34)35-28-30-44-42-23-9-8-21-40(42)38-19-6-7-20-39(38)41-22-10-11-24-43(41)47(44)32-35/h3-33H,1-2H3. The first-order chi connectivity index (χ1) is 25.6. The molecule has 0 aliphatic heterocycles. The quantitative estimate of drug-likeness (QED) is 0.181. The van der Waals surface area contributed by atoms with E-state index in [-0.39, 0.29) is 5.41 Å². The fourth-order valence-corrected chi connectivity index (χ4v) is 8.78. The van der Waals surface area contributed by atoms with Crippen LogP contribution in [-0.2, 0) is 5.41 Å². The van der Waals surface area contributed by atoms with E-state index >= 15 is 0 Å². The van der Waals surface area contributed by atoms with Crippen LogP contribution in [0.15, 0.2) is 188 Å². The van der Waals surface area contributed by atoms with Crippen molar-refractivity contribution >= 4 is 17.1 Å². The fourth-order valence-electron chi connectivity index (χ4n) is 8.78. The van der Waals surface area contributed by atoms with Crippen molar-refractivity contribution < 1.29 is 0 Å². The zero-order valence-corrected chi connectivity index (χ0v) is 29.3. The van der Waals surface area contributed by atoms with E-state index in [4.69, 9.17) is 0 Å². The molecule has 10 rings (SSSR count). The van der Waals surface area contributed by atoms with Gasteiger partial charge in [0.1, 0.15) is 0 Å². The Morgan fingerprint density at radius 2 is 0.712 bits per heavy atom. The van der Waals surface area contributed by atoms with E-state index in [1.807, 2.05) is 0 Å². The lowest BCUT2D eigenvalue weighted by molar-refractivity contribution is 0.660. The second-order valence-corrected chi connectivity index (χ2v) is 14.5. The van der Waals surface area contributed by atoms with Crippen LogP contribution in [0.1, 0.15) is 25.0 Å². The lowest BCUT2D eigenvalue weighted by Crippen LogP contribution is -2.17. The molecule has 246 valence electrons. The van der Waals surface area contributed by atoms with Crippen molar-refractivity contribution in [2.45, 2.75) is 19.3 Å². The van der Waals surface area contributed by atoms with E-state index in [9.17, 15) is 0 Å². The number of rotatable bonds is 4. The van der Waals surface area contributed by atoms with Gasteiger partial charge < -0.3 is 4.90 Å². The molecule has 1 nitrogen and oxygen atoms in total. The normalized spacial score (nSPS) is 13.0. The number of hydrogen-bond acceptors (Lipinski definition) is 1. The van der Waals surface area contributed by atoms with Crippen LogP contribution in [0, 0.1) is 0 Å². The molecule has 0 N–H and O–H groups in total. The maximum Gasteiger partial charge on any atom is 0.0540 e. The summed E-state index contributed by atoms with van der Waals surface area (Å²) >= 11 is 0. The Morgan fingerprint density at radius 1 is 0.308 bits per heavy atom. The van der Waals surface area contributed by atoms with Crippen LogP contribution in [0.3, 0.4) is 0 Å². The first kappa shape index (κ1) is 30.4. The zero-order valence-electron chi connectivity index (χ0n) is 29.3. The number of nitrogens with zero attached hydrogens (tertiary/aromatic N) is 1. The lowest BCUT2D eigenvalue weighted by Gasteiger charge is -2.31. The highest BCUT2D eigenvalue weighted by molar-refractivity contribution is 6.04. The van der Waals surface area contributed by atoms with Crippen LogP contribution in [0.25, 0.3) is 66.8 Å². The van der Waals surface area contributed by atoms with Crippen molar-refractivity contribution in [3.05, 3.63) is 199 Å². The summed E-state index contributed by atoms with van der Waals surface area (Å²) in [6.45, 7) is 4.72. The molecule has 0 saturated heterocycles. The van der Waals surface area contributed by atoms with E-state index in [1.165, 1.54) is 77.9 Å². The van der Waals surface area contributed by atoms with Crippen LogP contribution in [0.4, 0.5) is 17.1 Å². The monoisotopic (exact) mass is 663 g/mol. The summed E-state index contributed by atoms with van der Waals surface area (Å²) < 4.78 is 0. The van der Waals surface area contributed by atoms with Gasteiger partial charge in [-0.3, -0.25) is 0 Å². The molecular weight excluding hydrogens is 627 g/mol. The summed E-state index contributed by atoms with van der Waals surface area (Å²) in [7, 11) is 0. The highest BCUT2D eigenvalue weighted by atomic mass is 15.1. The highest BCUT2D eigenvalue weighted by Gasteiger charge is 2.36. The summed E-state index contributed by atoms with van der Waals surface area (Å²) in [6.07, 6.45) is 0. The highest BCUT2D eigenvalue weighted by Crippen LogP contribution is 2.53. The van der Waals surface area contributed by atoms with E-state index in [1.54, 1.807) is 0 Å². The van der Waals surface area contributed by atoms with Gasteiger partial charge >= 0.3 is 0 Å². The van der Waals surface area contributed by atoms with Crippen LogP contribution >= 0.6 is 0 Å². The van der Waals surface area contributed by atoms with Crippen LogP contribution in [-0.4, -0.2) is 0 Å². The molecule has 0 bridgehead atoms. The Hall–Kier alpha value is -6.44. The van der Waals surface area contributed by atoms with Gasteiger partial charge in [0.25, 0.3) is 0 Å². The summed E-state index contributed by atoms with van der Waals surface area (Å²) in [4.78, 5) is 2.48. The lowest BCUT2D eigenvalue weighted by atomic mass is 9.80. The molecule has 0 fully saturated rings. The average molecular weight is 664 g/mol. The molecule has 0 spiro atoms. The third kappa shape index (κ3) is 4.63. The third-order valence-corrected chi connectivity index (χ3v) is 11.3. The second kappa shape index (κ2) is 11.8. The Balaban J connectivity index is 1.25. The molecule has 0 saturated carbocycles. The fraction of sp³-hybridized carbons (Fsp3) is 0.0588. The topological polar surface area (TPSA) is 3.24 Å². The minimum atomic E-state index is -0.116. The van der Waals surface area contributed by atoms with Crippen molar-refractivity contribution in [3.8, 4) is 66.8 Å². The number of fused-ring (bicyclic) bond motifs is 11. The molecular formula is C51H37N. The molecule has 0 aromatic heterocycles. The minimum Gasteiger partial charge on any atom is -0.310 e. The molecule has 2 aliphatic carbocycles. The first-order valence-corrected chi connectivity index (χ1v) is 18.2. The maximum atomic E-state index is 2.48. The van der Waals surface area contributed by atoms with Crippen molar-refractivity contribution in [1.82, 2.24) is 0 Å². The molecule has 2 aliphatic rings. The Kier molecular flexibility index (Phi) is 6.91. The number of para-hydroxylation sites is 1. The van der Waals surface area contributed by atoms with Crippen molar-refractivity contribution in [2.75, 3.05) is 4.90 Å². The number of benzene rings is 8. The van der Waals surface area contributed by atoms with Gasteiger partial charge in [0.2, 0.25) is 0 Å². The first-order valence-electron chi connectivity index (χ1n) is 18.2. The molecule has 0 heterocycles. The number of anilines is 3. The predicted octanol–water partition coefficient (Wildman–Crippen LogP) is 14.1. The van der Waals surface area contributed by atoms with Crippen LogP contribution in [0.5, 0.6) is 0 Å². The SMILES string of the molecule is CC1(C)c2ccccc2-c2ccc(N(c3ccc4c(c3)-c3ccccc3-c3ccccc3-c3ccccc3-4)c3ccccc3-c3ccccc3)cc21. The third-order valence-electron chi connectivity index (χ3n) is 11.3. The van der Waals surface area contributed by atoms with Gasteiger partial charge in [-0.2, -0.15) is 0 Å². The largest absolute Gasteiger partial charge is 0.310 e. The van der Waals surface area contributed by atoms with Crippen LogP contribution in [0.2, 0.25) is 0 Å². The molecule has 0 unspecified atom stereocenters. The molecule has 0 radical (unpaired) electrons. The minimum absolute atomic E-state index is 0.116. The van der Waals surface area contributed by atoms with E-state index in [0.717, 1.165) is 17.1 Å². The van der Waals surface area contributed by atoms with Crippen LogP contribution < -0.4 is 4.90 Å². The Morgan fingerprint density at radius 3 is 1.31 bits per heavy atom. The van der Waals surface area contributed by atoms with E-state index in [0.29, 0.717) is 0 Å². The predicted molar refractivity (Wildman–Crippen MR) is 219 cm³/mol. The number of hydrogen-bond donors (Lipinski definition) is 0. The molecule has 0 amide bonds. The van der Waals surface area contributed by atoms with Gasteiger partial charge in [-0.1, -0.05) is 172 Å². The van der Waals surface area contributed by atoms with Crippen molar-refractivity contribution in [1.29, 1.82) is 0 Å². The molecule has 1 heteroatoms. The van der Waals surface area contributed by atoms with Gasteiger partial charge in [0.15, 0.2) is 0 Å². The van der Waals surface area contributed by atoms with Crippen molar-refractivity contribution in [3.63, 3.8) is 0 Å². The molecule has 8 aromatic carbocycles. The van der Waals surface area contributed by atoms with Gasteiger partial charge in [-0.15, -0.1) is 0 Å². The van der Waals surface area contributed by atoms with E-state index < -0.39 is 0 Å². The Labute approximate surface area is 306 Å². The summed E-state index contributed by atoms with van der Waals surface area (Å²) in [5.41, 5.74) is 21.1. The van der Waals surface area contributed by atoms with Gasteiger partial charge in [-0.25, -0.2) is 0 Å². The Bertz CT molecular complexity index is 2660. The van der Waals surface area contributed by atoms with Crippen molar-refractivity contribution in [2.24, 2.45) is 0 Å².